The van der Waals surface area contributed by atoms with Crippen LogP contribution >= 0.6 is 11.6 Å². The van der Waals surface area contributed by atoms with E-state index in [0.29, 0.717) is 30.3 Å². The molecule has 0 bridgehead atoms. The number of phenolic OH excluding ortho intramolecular Hbond substituents is 1. The number of carbonyl (C=O) groups is 1. The van der Waals surface area contributed by atoms with Gasteiger partial charge >= 0.3 is 5.97 Å². The number of aromatic hydroxyl groups is 1. The first kappa shape index (κ1) is 43.0. The molecular weight excluding hydrogens is 878 g/mol. The quantitative estimate of drug-likeness (QED) is 0.0414. The molecule has 4 aromatic carbocycles. The number of azo groups is 2. The fraction of sp³-hybridized carbons (Fsp3) is 0.0345. The number of carboxylic acid groups (broad SMARTS) is 1. The smallest absolute Gasteiger partial charge is 0.337 e. The van der Waals surface area contributed by atoms with Gasteiger partial charge in [0.2, 0.25) is 23.3 Å². The molecule has 8 N–H and O–H groups in total. The number of nitrogens with zero attached hydrogens (tertiary/aromatic N) is 7. The van der Waals surface area contributed by atoms with Gasteiger partial charge in [0.05, 0.1) is 31.6 Å². The molecule has 58 heavy (non-hydrogen) atoms. The second-order valence-corrected chi connectivity index (χ2v) is 17.1. The van der Waals surface area contributed by atoms with Crippen LogP contribution in [0.4, 0.5) is 34.6 Å². The minimum absolute atomic E-state index is 0.223. The van der Waals surface area contributed by atoms with Crippen LogP contribution in [0.5, 0.6) is 5.75 Å². The molecule has 1 atom stereocenters. The van der Waals surface area contributed by atoms with E-state index in [4.69, 9.17) is 11.6 Å². The van der Waals surface area contributed by atoms with Crippen LogP contribution in [0, 0.1) is 0 Å². The molecule has 0 aliphatic heterocycles. The molecule has 5 rings (SSSR count). The summed E-state index contributed by atoms with van der Waals surface area (Å²) in [4.78, 5) is 19.8. The monoisotopic (exact) mass is 899 g/mol. The fourth-order valence-electron chi connectivity index (χ4n) is 4.56. The first-order valence-electron chi connectivity index (χ1n) is 15.0. The van der Waals surface area contributed by atoms with Gasteiger partial charge in [-0.2, -0.15) is 64.0 Å². The number of rotatable bonds is 14. The molecule has 0 radical (unpaired) electrons. The third-order valence-electron chi connectivity index (χ3n) is 7.13. The first-order valence-corrected chi connectivity index (χ1v) is 21.1. The largest absolute Gasteiger partial charge is 0.504 e. The second-order valence-electron chi connectivity index (χ2n) is 11.1. The molecule has 0 aliphatic rings. The SMILES string of the molecule is O=C(O)c1ccc(S(=O)(=O)O)cc1N=NC(N=Nc1cc(S(=O)(=O)O)cc(Nc2nc(Cl)nc(Nc3cc(S(=O)(=O)O)ccc3S(=O)(=O)O)n2)c1O)c1ccccc1. The second kappa shape index (κ2) is 16.4. The van der Waals surface area contributed by atoms with Crippen molar-refractivity contribution in [1.82, 2.24) is 15.0 Å². The maximum atomic E-state index is 12.3. The molecule has 1 heterocycles. The molecule has 1 unspecified atom stereocenters. The van der Waals surface area contributed by atoms with Gasteiger partial charge in [0.15, 0.2) is 5.75 Å². The maximum Gasteiger partial charge on any atom is 0.337 e. The Bertz CT molecular complexity index is 2980. The Balaban J connectivity index is 1.57. The number of nitrogens with one attached hydrogen (secondary N) is 2. The molecule has 0 amide bonds. The van der Waals surface area contributed by atoms with Crippen molar-refractivity contribution in [2.75, 3.05) is 10.6 Å². The number of anilines is 4. The average molecular weight is 900 g/mol. The van der Waals surface area contributed by atoms with Crippen molar-refractivity contribution >= 4 is 92.7 Å². The predicted molar refractivity (Wildman–Crippen MR) is 197 cm³/mol. The van der Waals surface area contributed by atoms with E-state index in [1.165, 1.54) is 24.3 Å². The van der Waals surface area contributed by atoms with E-state index in [-0.39, 0.29) is 5.56 Å². The van der Waals surface area contributed by atoms with Gasteiger partial charge in [-0.15, -0.1) is 5.11 Å². The molecule has 0 fully saturated rings. The van der Waals surface area contributed by atoms with Crippen molar-refractivity contribution in [2.45, 2.75) is 25.7 Å². The van der Waals surface area contributed by atoms with Gasteiger partial charge in [0.25, 0.3) is 40.5 Å². The van der Waals surface area contributed by atoms with Crippen LogP contribution in [0.3, 0.4) is 0 Å². The van der Waals surface area contributed by atoms with Crippen LogP contribution in [-0.4, -0.2) is 83.0 Å². The minimum Gasteiger partial charge on any atom is -0.504 e. The summed E-state index contributed by atoms with van der Waals surface area (Å²) < 4.78 is 134. The molecule has 304 valence electrons. The molecule has 0 spiro atoms. The van der Waals surface area contributed by atoms with E-state index in [1.807, 2.05) is 0 Å². The summed E-state index contributed by atoms with van der Waals surface area (Å²) in [5.41, 5.74) is -2.80. The molecule has 1 aromatic heterocycles. The van der Waals surface area contributed by atoms with Gasteiger partial charge in [0.1, 0.15) is 16.3 Å². The lowest BCUT2D eigenvalue weighted by molar-refractivity contribution is 0.0697. The van der Waals surface area contributed by atoms with E-state index in [1.54, 1.807) is 6.07 Å². The Labute approximate surface area is 331 Å². The topological polar surface area (TPSA) is 387 Å². The third-order valence-corrected chi connectivity index (χ3v) is 10.7. The van der Waals surface area contributed by atoms with Crippen LogP contribution in [0.25, 0.3) is 0 Å². The summed E-state index contributed by atoms with van der Waals surface area (Å²) in [6.07, 6.45) is -1.51. The first-order chi connectivity index (χ1) is 26.9. The summed E-state index contributed by atoms with van der Waals surface area (Å²) in [6.45, 7) is 0. The fourth-order valence-corrected chi connectivity index (χ4v) is 6.88. The van der Waals surface area contributed by atoms with Gasteiger partial charge in [-0.05, 0) is 60.1 Å². The average Bonchev–Trinajstić information content (AvgIpc) is 3.11. The van der Waals surface area contributed by atoms with Crippen LogP contribution in [0.1, 0.15) is 22.1 Å². The van der Waals surface area contributed by atoms with Crippen LogP contribution in [-0.2, 0) is 40.5 Å². The van der Waals surface area contributed by atoms with Crippen LogP contribution in [0.2, 0.25) is 5.28 Å². The number of hydrogen-bond acceptors (Lipinski definition) is 19. The lowest BCUT2D eigenvalue weighted by Crippen LogP contribution is -2.09. The summed E-state index contributed by atoms with van der Waals surface area (Å²) in [7, 11) is -19.8. The highest BCUT2D eigenvalue weighted by atomic mass is 35.5. The number of benzene rings is 4. The van der Waals surface area contributed by atoms with Gasteiger partial charge in [0, 0.05) is 5.56 Å². The summed E-state index contributed by atoms with van der Waals surface area (Å²) in [5.74, 6) is -3.70. The van der Waals surface area contributed by atoms with Crippen LogP contribution < -0.4 is 10.6 Å². The van der Waals surface area contributed by atoms with E-state index in [9.17, 15) is 66.9 Å². The standard InChI is InChI=1S/C29H22ClN9O15S4/c30-27-33-28(31-20-11-16(56(46,47)48)7-9-23(20)58(52,53)54)35-29(34-27)32-21-12-17(57(49,50)51)13-22(24(21)40)37-39-25(14-4-2-1-3-5-14)38-36-19-10-15(55(43,44)45)6-8-18(19)26(41)42/h1-13,25,40H,(H,41,42)(H,43,44,45)(H,46,47,48)(H,49,50,51)(H,52,53,54)(H2,31,32,33,34,35). The van der Waals surface area contributed by atoms with Crippen molar-refractivity contribution in [1.29, 1.82) is 0 Å². The number of aromatic nitrogens is 3. The molecule has 0 saturated heterocycles. The zero-order valence-electron chi connectivity index (χ0n) is 28.1. The lowest BCUT2D eigenvalue weighted by atomic mass is 10.2. The number of hydrogen-bond donors (Lipinski definition) is 8. The Hall–Kier alpha value is -6.11. The summed E-state index contributed by atoms with van der Waals surface area (Å²) >= 11 is 5.99. The van der Waals surface area contributed by atoms with Crippen molar-refractivity contribution in [2.24, 2.45) is 20.5 Å². The van der Waals surface area contributed by atoms with Crippen molar-refractivity contribution < 1.29 is 66.9 Å². The molecular formula is C29H22ClN9O15S4. The summed E-state index contributed by atoms with van der Waals surface area (Å²) in [6, 6.07) is 13.2. The Morgan fingerprint density at radius 3 is 1.67 bits per heavy atom. The third kappa shape index (κ3) is 10.6. The van der Waals surface area contributed by atoms with Gasteiger partial charge in [-0.3, -0.25) is 18.2 Å². The highest BCUT2D eigenvalue weighted by Gasteiger charge is 2.23. The van der Waals surface area contributed by atoms with E-state index < -0.39 is 123 Å². The normalized spacial score (nSPS) is 13.1. The van der Waals surface area contributed by atoms with Crippen molar-refractivity contribution in [3.63, 3.8) is 0 Å². The Morgan fingerprint density at radius 1 is 0.621 bits per heavy atom. The zero-order valence-corrected chi connectivity index (χ0v) is 32.1. The Morgan fingerprint density at radius 2 is 1.12 bits per heavy atom. The van der Waals surface area contributed by atoms with Crippen molar-refractivity contribution in [3.8, 4) is 5.75 Å². The predicted octanol–water partition coefficient (Wildman–Crippen LogP) is 4.97. The summed E-state index contributed by atoms with van der Waals surface area (Å²) in [5, 5.41) is 40.3. The molecule has 5 aromatic rings. The van der Waals surface area contributed by atoms with Gasteiger partial charge in [-0.1, -0.05) is 30.3 Å². The van der Waals surface area contributed by atoms with Gasteiger partial charge < -0.3 is 20.8 Å². The number of phenols is 1. The maximum absolute atomic E-state index is 12.3. The van der Waals surface area contributed by atoms with E-state index in [0.717, 1.165) is 18.2 Å². The number of halogens is 1. The lowest BCUT2D eigenvalue weighted by Gasteiger charge is -2.13. The van der Waals surface area contributed by atoms with Gasteiger partial charge in [-0.25, -0.2) is 4.79 Å². The minimum atomic E-state index is -5.08. The van der Waals surface area contributed by atoms with Crippen LogP contribution in [0.15, 0.2) is 119 Å². The van der Waals surface area contributed by atoms with E-state index in [2.05, 4.69) is 46.0 Å². The molecule has 29 heteroatoms. The molecule has 0 aliphatic carbocycles. The number of aromatic carboxylic acids is 1. The molecule has 24 nitrogen and oxygen atoms in total. The van der Waals surface area contributed by atoms with E-state index >= 15 is 0 Å². The highest BCUT2D eigenvalue weighted by molar-refractivity contribution is 7.86. The highest BCUT2D eigenvalue weighted by Crippen LogP contribution is 2.40. The molecule has 0 saturated carbocycles. The Kier molecular flexibility index (Phi) is 12.2. The zero-order chi connectivity index (χ0) is 42.8. The number of carboxylic acids is 1. The van der Waals surface area contributed by atoms with Crippen molar-refractivity contribution in [3.05, 3.63) is 95.3 Å².